The summed E-state index contributed by atoms with van der Waals surface area (Å²) in [5, 5.41) is 2.84. The van der Waals surface area contributed by atoms with Crippen LogP contribution >= 0.6 is 43.2 Å². The van der Waals surface area contributed by atoms with Crippen LogP contribution < -0.4 is 9.47 Å². The van der Waals surface area contributed by atoms with E-state index in [0.29, 0.717) is 6.61 Å². The highest BCUT2D eigenvalue weighted by molar-refractivity contribution is 9.10. The third-order valence-corrected chi connectivity index (χ3v) is 4.98. The van der Waals surface area contributed by atoms with E-state index in [-0.39, 0.29) is 0 Å². The van der Waals surface area contributed by atoms with Crippen molar-refractivity contribution in [2.75, 3.05) is 7.11 Å². The SMILES string of the molecule is COc1cc(CBr)ccc1OCc1sccc1Br. The van der Waals surface area contributed by atoms with Gasteiger partial charge in [0.25, 0.3) is 0 Å². The zero-order valence-electron chi connectivity index (χ0n) is 9.78. The number of hydrogen-bond donors (Lipinski definition) is 0. The van der Waals surface area contributed by atoms with E-state index in [4.69, 9.17) is 9.47 Å². The van der Waals surface area contributed by atoms with Gasteiger partial charge in [-0.15, -0.1) is 11.3 Å². The van der Waals surface area contributed by atoms with Gasteiger partial charge >= 0.3 is 0 Å². The molecule has 0 saturated carbocycles. The topological polar surface area (TPSA) is 18.5 Å². The predicted molar refractivity (Wildman–Crippen MR) is 82.0 cm³/mol. The summed E-state index contributed by atoms with van der Waals surface area (Å²) in [6.07, 6.45) is 0. The summed E-state index contributed by atoms with van der Waals surface area (Å²) in [4.78, 5) is 1.17. The van der Waals surface area contributed by atoms with Crippen LogP contribution in [0.4, 0.5) is 0 Å². The van der Waals surface area contributed by atoms with E-state index in [0.717, 1.165) is 26.9 Å². The Kier molecular flexibility index (Phi) is 5.09. The Hall–Kier alpha value is -0.520. The molecule has 1 heterocycles. The quantitative estimate of drug-likeness (QED) is 0.668. The molecule has 2 rings (SSSR count). The van der Waals surface area contributed by atoms with Crippen molar-refractivity contribution in [3.05, 3.63) is 44.6 Å². The first-order valence-corrected chi connectivity index (χ1v) is 8.11. The minimum atomic E-state index is 0.544. The van der Waals surface area contributed by atoms with Gasteiger partial charge in [0, 0.05) is 9.80 Å². The van der Waals surface area contributed by atoms with E-state index in [2.05, 4.69) is 31.9 Å². The van der Waals surface area contributed by atoms with Gasteiger partial charge in [-0.05, 0) is 45.1 Å². The van der Waals surface area contributed by atoms with Crippen molar-refractivity contribution >= 4 is 43.2 Å². The maximum Gasteiger partial charge on any atom is 0.161 e. The summed E-state index contributed by atoms with van der Waals surface area (Å²) in [5.74, 6) is 1.53. The van der Waals surface area contributed by atoms with E-state index in [1.54, 1.807) is 18.4 Å². The summed E-state index contributed by atoms with van der Waals surface area (Å²) in [7, 11) is 1.65. The van der Waals surface area contributed by atoms with E-state index in [1.165, 1.54) is 4.88 Å². The highest BCUT2D eigenvalue weighted by Gasteiger charge is 2.07. The molecular weight excluding hydrogens is 380 g/mol. The molecule has 0 radical (unpaired) electrons. The number of ether oxygens (including phenoxy) is 2. The zero-order valence-corrected chi connectivity index (χ0v) is 13.8. The first-order chi connectivity index (χ1) is 8.74. The molecule has 5 heteroatoms. The fraction of sp³-hybridized carbons (Fsp3) is 0.231. The number of rotatable bonds is 5. The summed E-state index contributed by atoms with van der Waals surface area (Å²) in [5.41, 5.74) is 1.16. The van der Waals surface area contributed by atoms with Crippen molar-refractivity contribution in [2.24, 2.45) is 0 Å². The summed E-state index contributed by atoms with van der Waals surface area (Å²) in [6.45, 7) is 0.544. The third-order valence-electron chi connectivity index (χ3n) is 2.43. The van der Waals surface area contributed by atoms with Crippen LogP contribution in [0.3, 0.4) is 0 Å². The Labute approximate surface area is 127 Å². The van der Waals surface area contributed by atoms with Gasteiger partial charge in [-0.3, -0.25) is 0 Å². The molecule has 0 saturated heterocycles. The van der Waals surface area contributed by atoms with Gasteiger partial charge in [0.1, 0.15) is 6.61 Å². The maximum absolute atomic E-state index is 5.79. The Morgan fingerprint density at radius 2 is 2.06 bits per heavy atom. The molecule has 0 aliphatic rings. The molecular formula is C13H12Br2O2S. The lowest BCUT2D eigenvalue weighted by Gasteiger charge is -2.11. The number of benzene rings is 1. The van der Waals surface area contributed by atoms with E-state index >= 15 is 0 Å². The first kappa shape index (κ1) is 13.9. The second-order valence-electron chi connectivity index (χ2n) is 3.60. The minimum Gasteiger partial charge on any atom is -0.493 e. The Balaban J connectivity index is 2.11. The van der Waals surface area contributed by atoms with Gasteiger partial charge in [-0.2, -0.15) is 0 Å². The molecule has 0 atom stereocenters. The molecule has 96 valence electrons. The summed E-state index contributed by atoms with van der Waals surface area (Å²) in [6, 6.07) is 7.97. The number of hydrogen-bond acceptors (Lipinski definition) is 3. The van der Waals surface area contributed by atoms with Gasteiger partial charge < -0.3 is 9.47 Å². The molecule has 0 unspecified atom stereocenters. The molecule has 18 heavy (non-hydrogen) atoms. The fourth-order valence-electron chi connectivity index (χ4n) is 1.49. The van der Waals surface area contributed by atoms with Crippen LogP contribution in [0.2, 0.25) is 0 Å². The van der Waals surface area contributed by atoms with Gasteiger partial charge in [-0.25, -0.2) is 0 Å². The molecule has 1 aromatic carbocycles. The second-order valence-corrected chi connectivity index (χ2v) is 6.01. The van der Waals surface area contributed by atoms with Crippen LogP contribution in [0, 0.1) is 0 Å². The number of alkyl halides is 1. The molecule has 0 fully saturated rings. The van der Waals surface area contributed by atoms with Crippen LogP contribution in [0.25, 0.3) is 0 Å². The van der Waals surface area contributed by atoms with Crippen LogP contribution in [-0.2, 0) is 11.9 Å². The average molecular weight is 392 g/mol. The van der Waals surface area contributed by atoms with Crippen molar-refractivity contribution in [1.82, 2.24) is 0 Å². The number of thiophene rings is 1. The molecule has 0 spiro atoms. The largest absolute Gasteiger partial charge is 0.493 e. The van der Waals surface area contributed by atoms with Gasteiger partial charge in [0.05, 0.1) is 12.0 Å². The smallest absolute Gasteiger partial charge is 0.161 e. The molecule has 2 aromatic rings. The Morgan fingerprint density at radius 1 is 1.22 bits per heavy atom. The molecule has 0 amide bonds. The van der Waals surface area contributed by atoms with Crippen molar-refractivity contribution in [2.45, 2.75) is 11.9 Å². The standard InChI is InChI=1S/C13H12Br2O2S/c1-16-12-6-9(7-14)2-3-11(12)17-8-13-10(15)4-5-18-13/h2-6H,7-8H2,1H3. The molecule has 0 aliphatic carbocycles. The fourth-order valence-corrected chi connectivity index (χ4v) is 3.21. The lowest BCUT2D eigenvalue weighted by Crippen LogP contribution is -1.97. The number of halogens is 2. The minimum absolute atomic E-state index is 0.544. The second kappa shape index (κ2) is 6.59. The Morgan fingerprint density at radius 3 is 2.67 bits per heavy atom. The molecule has 1 aromatic heterocycles. The van der Waals surface area contributed by atoms with Crippen LogP contribution in [0.5, 0.6) is 11.5 Å². The van der Waals surface area contributed by atoms with Crippen LogP contribution in [0.15, 0.2) is 34.1 Å². The van der Waals surface area contributed by atoms with Crippen molar-refractivity contribution < 1.29 is 9.47 Å². The molecule has 2 nitrogen and oxygen atoms in total. The lowest BCUT2D eigenvalue weighted by atomic mass is 10.2. The molecule has 0 bridgehead atoms. The van der Waals surface area contributed by atoms with Crippen molar-refractivity contribution in [1.29, 1.82) is 0 Å². The third kappa shape index (κ3) is 3.28. The Bertz CT molecular complexity index is 525. The van der Waals surface area contributed by atoms with Crippen molar-refractivity contribution in [3.8, 4) is 11.5 Å². The normalized spacial score (nSPS) is 10.4. The predicted octanol–water partition coefficient (Wildman–Crippen LogP) is 4.99. The first-order valence-electron chi connectivity index (χ1n) is 5.32. The van der Waals surface area contributed by atoms with Gasteiger partial charge in [0.15, 0.2) is 11.5 Å². The van der Waals surface area contributed by atoms with Crippen LogP contribution in [-0.4, -0.2) is 7.11 Å². The zero-order chi connectivity index (χ0) is 13.0. The monoisotopic (exact) mass is 390 g/mol. The van der Waals surface area contributed by atoms with Crippen LogP contribution in [0.1, 0.15) is 10.4 Å². The molecule has 0 aliphatic heterocycles. The summed E-state index contributed by atoms with van der Waals surface area (Å²) < 4.78 is 12.2. The highest BCUT2D eigenvalue weighted by atomic mass is 79.9. The average Bonchev–Trinajstić information content (AvgIpc) is 2.81. The van der Waals surface area contributed by atoms with Gasteiger partial charge in [-0.1, -0.05) is 22.0 Å². The molecule has 0 N–H and O–H groups in total. The summed E-state index contributed by atoms with van der Waals surface area (Å²) >= 11 is 8.59. The highest BCUT2D eigenvalue weighted by Crippen LogP contribution is 2.31. The lowest BCUT2D eigenvalue weighted by molar-refractivity contribution is 0.286. The van der Waals surface area contributed by atoms with E-state index < -0.39 is 0 Å². The van der Waals surface area contributed by atoms with Gasteiger partial charge in [0.2, 0.25) is 0 Å². The van der Waals surface area contributed by atoms with E-state index in [9.17, 15) is 0 Å². The maximum atomic E-state index is 5.79. The van der Waals surface area contributed by atoms with Crippen molar-refractivity contribution in [3.63, 3.8) is 0 Å². The van der Waals surface area contributed by atoms with E-state index in [1.807, 2.05) is 29.6 Å². The number of methoxy groups -OCH3 is 1.